The third kappa shape index (κ3) is 3.15. The summed E-state index contributed by atoms with van der Waals surface area (Å²) in [5.74, 6) is -0.361. The van der Waals surface area contributed by atoms with Crippen LogP contribution in [0.5, 0.6) is 0 Å². The van der Waals surface area contributed by atoms with E-state index < -0.39 is 16.0 Å². The van der Waals surface area contributed by atoms with E-state index in [1.165, 1.54) is 12.3 Å². The van der Waals surface area contributed by atoms with Gasteiger partial charge in [-0.2, -0.15) is 0 Å². The van der Waals surface area contributed by atoms with Gasteiger partial charge >= 0.3 is 5.97 Å². The highest BCUT2D eigenvalue weighted by Crippen LogP contribution is 2.31. The van der Waals surface area contributed by atoms with Gasteiger partial charge in [0.05, 0.1) is 22.9 Å². The Morgan fingerprint density at radius 1 is 1.40 bits per heavy atom. The molecule has 0 saturated carbocycles. The van der Waals surface area contributed by atoms with Gasteiger partial charge in [-0.15, -0.1) is 0 Å². The first-order valence-electron chi connectivity index (χ1n) is 7.67. The topological polar surface area (TPSA) is 128 Å². The van der Waals surface area contributed by atoms with Crippen molar-refractivity contribution in [1.82, 2.24) is 9.55 Å². The largest absolute Gasteiger partial charge is 0.478 e. The van der Waals surface area contributed by atoms with E-state index >= 15 is 0 Å². The van der Waals surface area contributed by atoms with Gasteiger partial charge in [-0.3, -0.25) is 0 Å². The number of aromatic carboxylic acids is 1. The minimum absolute atomic E-state index is 0.192. The molecule has 2 heterocycles. The average Bonchev–Trinajstić information content (AvgIpc) is 3.18. The molecule has 0 aliphatic carbocycles. The Kier molecular flexibility index (Phi) is 4.36. The van der Waals surface area contributed by atoms with Gasteiger partial charge in [0, 0.05) is 6.54 Å². The quantitative estimate of drug-likeness (QED) is 0.692. The number of aromatic nitrogens is 2. The van der Waals surface area contributed by atoms with Gasteiger partial charge in [-0.25, -0.2) is 23.3 Å². The fraction of sp³-hybridized carbons (Fsp3) is 0.250. The number of carboxylic acids is 1. The van der Waals surface area contributed by atoms with Crippen LogP contribution in [0.2, 0.25) is 0 Å². The third-order valence-corrected chi connectivity index (χ3v) is 4.76. The summed E-state index contributed by atoms with van der Waals surface area (Å²) < 4.78 is 31.2. The number of aryl methyl sites for hydroxylation is 1. The molecule has 0 aliphatic rings. The smallest absolute Gasteiger partial charge is 0.335 e. The summed E-state index contributed by atoms with van der Waals surface area (Å²) in [5, 5.41) is 14.6. The summed E-state index contributed by atoms with van der Waals surface area (Å²) in [6.07, 6.45) is 3.15. The van der Waals surface area contributed by atoms with Crippen molar-refractivity contribution in [3.63, 3.8) is 0 Å². The molecule has 0 fully saturated rings. The molecule has 0 bridgehead atoms. The van der Waals surface area contributed by atoms with Gasteiger partial charge in [0.15, 0.2) is 11.6 Å². The van der Waals surface area contributed by atoms with Crippen molar-refractivity contribution in [2.24, 2.45) is 5.14 Å². The number of furan rings is 1. The Morgan fingerprint density at radius 2 is 2.16 bits per heavy atom. The molecule has 3 aromatic rings. The first-order valence-corrected chi connectivity index (χ1v) is 9.21. The zero-order valence-electron chi connectivity index (χ0n) is 13.5. The van der Waals surface area contributed by atoms with Crippen LogP contribution in [0.4, 0.5) is 0 Å². The van der Waals surface area contributed by atoms with Gasteiger partial charge in [0.1, 0.15) is 4.90 Å². The lowest BCUT2D eigenvalue weighted by Crippen LogP contribution is -2.15. The minimum Gasteiger partial charge on any atom is -0.478 e. The number of hydrogen-bond donors (Lipinski definition) is 2. The van der Waals surface area contributed by atoms with Gasteiger partial charge < -0.3 is 14.1 Å². The molecule has 0 saturated heterocycles. The number of carboxylic acid groups (broad SMARTS) is 1. The Morgan fingerprint density at radius 3 is 2.72 bits per heavy atom. The number of rotatable bonds is 6. The van der Waals surface area contributed by atoms with E-state index in [0.29, 0.717) is 18.1 Å². The predicted octanol–water partition coefficient (Wildman–Crippen LogP) is 2.44. The lowest BCUT2D eigenvalue weighted by Gasteiger charge is -2.10. The van der Waals surface area contributed by atoms with E-state index in [4.69, 9.17) is 9.56 Å². The molecule has 25 heavy (non-hydrogen) atoms. The van der Waals surface area contributed by atoms with Crippen molar-refractivity contribution in [2.45, 2.75) is 31.2 Å². The molecule has 132 valence electrons. The van der Waals surface area contributed by atoms with E-state index in [-0.39, 0.29) is 21.5 Å². The maximum atomic E-state index is 12.1. The summed E-state index contributed by atoms with van der Waals surface area (Å²) in [6, 6.07) is 5.80. The van der Waals surface area contributed by atoms with Crippen LogP contribution in [-0.2, 0) is 16.6 Å². The molecule has 2 aromatic heterocycles. The number of nitrogens with zero attached hydrogens (tertiary/aromatic N) is 2. The van der Waals surface area contributed by atoms with Gasteiger partial charge in [-0.05, 0) is 30.7 Å². The minimum atomic E-state index is -4.14. The highest BCUT2D eigenvalue weighted by atomic mass is 32.2. The maximum absolute atomic E-state index is 12.1. The lowest BCUT2D eigenvalue weighted by molar-refractivity contribution is 0.0697. The van der Waals surface area contributed by atoms with Gasteiger partial charge in [0.2, 0.25) is 10.0 Å². The van der Waals surface area contributed by atoms with Crippen LogP contribution in [0.25, 0.3) is 22.6 Å². The van der Waals surface area contributed by atoms with Crippen LogP contribution >= 0.6 is 0 Å². The van der Waals surface area contributed by atoms with Gasteiger partial charge in [-0.1, -0.05) is 13.3 Å². The second kappa shape index (κ2) is 6.34. The van der Waals surface area contributed by atoms with Crippen LogP contribution in [0, 0.1) is 0 Å². The first kappa shape index (κ1) is 17.2. The number of imidazole rings is 1. The third-order valence-electron chi connectivity index (χ3n) is 3.84. The number of primary sulfonamides is 1. The molecule has 0 atom stereocenters. The summed E-state index contributed by atoms with van der Waals surface area (Å²) in [6.45, 7) is 2.51. The van der Waals surface area contributed by atoms with Crippen LogP contribution in [0.15, 0.2) is 39.8 Å². The molecule has 8 nitrogen and oxygen atoms in total. The average molecular weight is 363 g/mol. The summed E-state index contributed by atoms with van der Waals surface area (Å²) in [7, 11) is -4.14. The molecule has 3 N–H and O–H groups in total. The number of carbonyl (C=O) groups is 1. The monoisotopic (exact) mass is 363 g/mol. The Labute approximate surface area is 143 Å². The molecule has 0 spiro atoms. The standard InChI is InChI=1S/C16H17N3O5S/c1-2-3-6-19-14-11(18-15(19)12-5-4-7-24-12)8-10(16(20)21)9-13(14)25(17,22)23/h4-5,7-9H,2-3,6H2,1H3,(H,20,21)(H2,17,22,23). The van der Waals surface area contributed by atoms with Crippen LogP contribution in [0.3, 0.4) is 0 Å². The Bertz CT molecular complexity index is 1040. The maximum Gasteiger partial charge on any atom is 0.335 e. The number of fused-ring (bicyclic) bond motifs is 1. The van der Waals surface area contributed by atoms with Crippen molar-refractivity contribution >= 4 is 27.0 Å². The summed E-state index contributed by atoms with van der Waals surface area (Å²) in [5.41, 5.74) is 0.335. The SMILES string of the molecule is CCCCn1c(-c2ccco2)nc2cc(C(=O)O)cc(S(N)(=O)=O)c21. The fourth-order valence-electron chi connectivity index (χ4n) is 2.70. The Hall–Kier alpha value is -2.65. The van der Waals surface area contributed by atoms with Gasteiger partial charge in [0.25, 0.3) is 0 Å². The van der Waals surface area contributed by atoms with Crippen molar-refractivity contribution < 1.29 is 22.7 Å². The molecule has 0 radical (unpaired) electrons. The Balaban J connectivity index is 2.40. The second-order valence-electron chi connectivity index (χ2n) is 5.61. The van der Waals surface area contributed by atoms with Crippen LogP contribution < -0.4 is 5.14 Å². The normalized spacial score (nSPS) is 11.9. The van der Waals surface area contributed by atoms with Crippen LogP contribution in [0.1, 0.15) is 30.1 Å². The predicted molar refractivity (Wildman–Crippen MR) is 90.7 cm³/mol. The zero-order chi connectivity index (χ0) is 18.2. The number of sulfonamides is 1. The van der Waals surface area contributed by atoms with E-state index in [2.05, 4.69) is 4.98 Å². The van der Waals surface area contributed by atoms with Crippen molar-refractivity contribution in [3.8, 4) is 11.6 Å². The van der Waals surface area contributed by atoms with E-state index in [1.807, 2.05) is 6.92 Å². The fourth-order valence-corrected chi connectivity index (χ4v) is 3.47. The molecule has 3 rings (SSSR count). The van der Waals surface area contributed by atoms with Crippen molar-refractivity contribution in [2.75, 3.05) is 0 Å². The summed E-state index contributed by atoms with van der Waals surface area (Å²) in [4.78, 5) is 15.5. The second-order valence-corrected chi connectivity index (χ2v) is 7.14. The molecule has 0 aliphatic heterocycles. The van der Waals surface area contributed by atoms with E-state index in [0.717, 1.165) is 18.9 Å². The van der Waals surface area contributed by atoms with Crippen molar-refractivity contribution in [3.05, 3.63) is 36.1 Å². The van der Waals surface area contributed by atoms with Crippen molar-refractivity contribution in [1.29, 1.82) is 0 Å². The van der Waals surface area contributed by atoms with E-state index in [1.54, 1.807) is 16.7 Å². The molecule has 0 amide bonds. The molecular formula is C16H17N3O5S. The molecule has 1 aromatic carbocycles. The zero-order valence-corrected chi connectivity index (χ0v) is 14.3. The number of benzene rings is 1. The van der Waals surface area contributed by atoms with Crippen LogP contribution in [-0.4, -0.2) is 29.0 Å². The molecular weight excluding hydrogens is 346 g/mol. The molecule has 9 heteroatoms. The number of hydrogen-bond acceptors (Lipinski definition) is 5. The highest BCUT2D eigenvalue weighted by Gasteiger charge is 2.24. The molecule has 0 unspecified atom stereocenters. The lowest BCUT2D eigenvalue weighted by atomic mass is 10.2. The first-order chi connectivity index (χ1) is 11.8. The number of unbranched alkanes of at least 4 members (excludes halogenated alkanes) is 1. The highest BCUT2D eigenvalue weighted by molar-refractivity contribution is 7.89. The number of nitrogens with two attached hydrogens (primary N) is 1. The van der Waals surface area contributed by atoms with E-state index in [9.17, 15) is 18.3 Å². The summed E-state index contributed by atoms with van der Waals surface area (Å²) >= 11 is 0.